The Labute approximate surface area is 88.5 Å². The molecule has 12 heavy (non-hydrogen) atoms. The van der Waals surface area contributed by atoms with Crippen LogP contribution in [0.2, 0.25) is 0 Å². The fourth-order valence-electron chi connectivity index (χ4n) is 0.761. The maximum atomic E-state index is 9.37. The van der Waals surface area contributed by atoms with Gasteiger partial charge in [-0.3, -0.25) is 0 Å². The molecule has 3 nitrogen and oxygen atoms in total. The van der Waals surface area contributed by atoms with Crippen molar-refractivity contribution in [1.82, 2.24) is 0 Å². The minimum absolute atomic E-state index is 0.0154. The zero-order chi connectivity index (χ0) is 9.14. The highest BCUT2D eigenvalue weighted by Crippen LogP contribution is 2.21. The van der Waals surface area contributed by atoms with E-state index in [1.54, 1.807) is 12.1 Å². The second kappa shape index (κ2) is 4.45. The molecule has 0 fully saturated rings. The fraction of sp³-hybridized carbons (Fsp3) is 0.429. The number of aliphatic hydroxyl groups is 2. The van der Waals surface area contributed by atoms with Crippen LogP contribution in [0.25, 0.3) is 0 Å². The van der Waals surface area contributed by atoms with Gasteiger partial charge in [-0.05, 0) is 34.7 Å². The van der Waals surface area contributed by atoms with Gasteiger partial charge in [0.2, 0.25) is 0 Å². The molecule has 2 atom stereocenters. The molecule has 1 heterocycles. The van der Waals surface area contributed by atoms with Crippen LogP contribution in [0.15, 0.2) is 16.5 Å². The van der Waals surface area contributed by atoms with E-state index in [0.29, 0.717) is 9.53 Å². The molecule has 2 unspecified atom stereocenters. The quantitative estimate of drug-likeness (QED) is 0.657. The molecule has 1 aromatic heterocycles. The van der Waals surface area contributed by atoms with E-state index in [4.69, 9.17) is 21.1 Å². The highest BCUT2D eigenvalue weighted by molar-refractivity contribution is 14.1. The average Bonchev–Trinajstić information content (AvgIpc) is 2.49. The summed E-state index contributed by atoms with van der Waals surface area (Å²) in [4.78, 5) is 0. The van der Waals surface area contributed by atoms with Gasteiger partial charge >= 0.3 is 0 Å². The lowest BCUT2D eigenvalue weighted by molar-refractivity contribution is 0.0183. The number of furan rings is 1. The van der Waals surface area contributed by atoms with Crippen molar-refractivity contribution in [1.29, 1.82) is 0 Å². The first-order valence-electron chi connectivity index (χ1n) is 3.32. The molecule has 68 valence electrons. The summed E-state index contributed by atoms with van der Waals surface area (Å²) in [5, 5.41) is 18.5. The first-order valence-corrected chi connectivity index (χ1v) is 4.94. The van der Waals surface area contributed by atoms with E-state index in [-0.39, 0.29) is 5.88 Å². The van der Waals surface area contributed by atoms with Gasteiger partial charge in [-0.15, -0.1) is 11.6 Å². The second-order valence-electron chi connectivity index (χ2n) is 2.31. The molecular weight excluding hydrogens is 294 g/mol. The van der Waals surface area contributed by atoms with Crippen LogP contribution in [0.4, 0.5) is 0 Å². The van der Waals surface area contributed by atoms with Crippen LogP contribution < -0.4 is 0 Å². The summed E-state index contributed by atoms with van der Waals surface area (Å²) in [6, 6.07) is 3.32. The molecule has 0 bridgehead atoms. The van der Waals surface area contributed by atoms with Gasteiger partial charge < -0.3 is 14.6 Å². The third-order valence-corrected chi connectivity index (χ3v) is 2.30. The Hall–Kier alpha value is 0.220. The van der Waals surface area contributed by atoms with Gasteiger partial charge in [-0.25, -0.2) is 0 Å². The summed E-state index contributed by atoms with van der Waals surface area (Å²) < 4.78 is 5.76. The van der Waals surface area contributed by atoms with Gasteiger partial charge in [0.05, 0.1) is 5.88 Å². The predicted octanol–water partition coefficient (Wildman–Crippen LogP) is 1.52. The standard InChI is InChI=1S/C7H8ClIO3/c8-3-4(10)7(11)5-1-2-6(9)12-5/h1-2,4,7,10-11H,3H2. The lowest BCUT2D eigenvalue weighted by Crippen LogP contribution is -2.19. The average molecular weight is 302 g/mol. The van der Waals surface area contributed by atoms with Gasteiger partial charge in [0.15, 0.2) is 3.77 Å². The smallest absolute Gasteiger partial charge is 0.164 e. The van der Waals surface area contributed by atoms with E-state index >= 15 is 0 Å². The molecule has 0 aromatic carbocycles. The predicted molar refractivity (Wildman–Crippen MR) is 53.1 cm³/mol. The number of hydrogen-bond donors (Lipinski definition) is 2. The van der Waals surface area contributed by atoms with E-state index in [9.17, 15) is 5.11 Å². The molecule has 5 heteroatoms. The van der Waals surface area contributed by atoms with Crippen molar-refractivity contribution in [2.45, 2.75) is 12.2 Å². The molecule has 1 rings (SSSR count). The third kappa shape index (κ3) is 2.35. The number of hydrogen-bond acceptors (Lipinski definition) is 3. The van der Waals surface area contributed by atoms with Crippen LogP contribution in [0.1, 0.15) is 11.9 Å². The molecule has 0 spiro atoms. The zero-order valence-electron chi connectivity index (χ0n) is 6.08. The van der Waals surface area contributed by atoms with Crippen molar-refractivity contribution < 1.29 is 14.6 Å². The summed E-state index contributed by atoms with van der Waals surface area (Å²) in [5.41, 5.74) is 0. The summed E-state index contributed by atoms with van der Waals surface area (Å²) in [6.45, 7) is 0. The lowest BCUT2D eigenvalue weighted by atomic mass is 10.2. The van der Waals surface area contributed by atoms with Gasteiger partial charge in [0.25, 0.3) is 0 Å². The minimum atomic E-state index is -1.04. The highest BCUT2D eigenvalue weighted by Gasteiger charge is 2.20. The van der Waals surface area contributed by atoms with Crippen LogP contribution >= 0.6 is 34.2 Å². The van der Waals surface area contributed by atoms with E-state index in [0.717, 1.165) is 0 Å². The number of rotatable bonds is 3. The Kier molecular flexibility index (Phi) is 3.82. The summed E-state index contributed by atoms with van der Waals surface area (Å²) in [7, 11) is 0. The molecule has 2 N–H and O–H groups in total. The molecule has 0 aliphatic carbocycles. The van der Waals surface area contributed by atoms with Crippen LogP contribution in [-0.4, -0.2) is 22.2 Å². The summed E-state index contributed by atoms with van der Waals surface area (Å²) >= 11 is 7.33. The Balaban J connectivity index is 2.70. The summed E-state index contributed by atoms with van der Waals surface area (Å²) in [6.07, 6.45) is -2.01. The van der Waals surface area contributed by atoms with Crippen molar-refractivity contribution in [3.8, 4) is 0 Å². The van der Waals surface area contributed by atoms with E-state index in [1.165, 1.54) is 0 Å². The van der Waals surface area contributed by atoms with Gasteiger partial charge in [-0.2, -0.15) is 0 Å². The van der Waals surface area contributed by atoms with Crippen molar-refractivity contribution in [3.05, 3.63) is 21.7 Å². The molecule has 1 aromatic rings. The van der Waals surface area contributed by atoms with E-state index in [2.05, 4.69) is 0 Å². The Morgan fingerprint density at radius 2 is 2.17 bits per heavy atom. The number of aliphatic hydroxyl groups excluding tert-OH is 2. The largest absolute Gasteiger partial charge is 0.453 e. The van der Waals surface area contributed by atoms with Crippen LogP contribution in [-0.2, 0) is 0 Å². The van der Waals surface area contributed by atoms with Crippen LogP contribution in [0.3, 0.4) is 0 Å². The topological polar surface area (TPSA) is 53.6 Å². The molecule has 0 aliphatic rings. The molecule has 0 saturated heterocycles. The Morgan fingerprint density at radius 3 is 2.58 bits per heavy atom. The highest BCUT2D eigenvalue weighted by atomic mass is 127. The monoisotopic (exact) mass is 302 g/mol. The van der Waals surface area contributed by atoms with Crippen LogP contribution in [0, 0.1) is 3.77 Å². The second-order valence-corrected chi connectivity index (χ2v) is 3.68. The first-order chi connectivity index (χ1) is 5.65. The fourth-order valence-corrected chi connectivity index (χ4v) is 1.36. The first kappa shape index (κ1) is 10.3. The normalized spacial score (nSPS) is 16.0. The van der Waals surface area contributed by atoms with E-state index in [1.807, 2.05) is 22.6 Å². The minimum Gasteiger partial charge on any atom is -0.453 e. The maximum Gasteiger partial charge on any atom is 0.164 e. The van der Waals surface area contributed by atoms with Gasteiger partial charge in [-0.1, -0.05) is 0 Å². The molecule has 0 amide bonds. The Morgan fingerprint density at radius 1 is 1.50 bits per heavy atom. The number of halogens is 2. The van der Waals surface area contributed by atoms with Gasteiger partial charge in [0.1, 0.15) is 18.0 Å². The van der Waals surface area contributed by atoms with Crippen LogP contribution in [0.5, 0.6) is 0 Å². The maximum absolute atomic E-state index is 9.37. The Bertz CT molecular complexity index is 251. The third-order valence-electron chi connectivity index (χ3n) is 1.41. The molecule has 0 aliphatic heterocycles. The molecule has 0 radical (unpaired) electrons. The number of alkyl halides is 1. The van der Waals surface area contributed by atoms with Crippen molar-refractivity contribution in [3.63, 3.8) is 0 Å². The molecular formula is C7H8ClIO3. The summed E-state index contributed by atoms with van der Waals surface area (Å²) in [5.74, 6) is 0.325. The van der Waals surface area contributed by atoms with Gasteiger partial charge in [0, 0.05) is 0 Å². The van der Waals surface area contributed by atoms with Crippen molar-refractivity contribution >= 4 is 34.2 Å². The lowest BCUT2D eigenvalue weighted by Gasteiger charge is -2.11. The zero-order valence-corrected chi connectivity index (χ0v) is 8.99. The molecule has 0 saturated carbocycles. The van der Waals surface area contributed by atoms with Crippen molar-refractivity contribution in [2.24, 2.45) is 0 Å². The van der Waals surface area contributed by atoms with Crippen molar-refractivity contribution in [2.75, 3.05) is 5.88 Å². The van der Waals surface area contributed by atoms with E-state index < -0.39 is 12.2 Å². The SMILES string of the molecule is OC(CCl)C(O)c1ccc(I)o1.